The molecule has 0 bridgehead atoms. The van der Waals surface area contributed by atoms with Gasteiger partial charge in [-0.15, -0.1) is 0 Å². The van der Waals surface area contributed by atoms with E-state index in [4.69, 9.17) is 19.9 Å². The van der Waals surface area contributed by atoms with Gasteiger partial charge in [0.2, 0.25) is 0 Å². The Morgan fingerprint density at radius 3 is 0.900 bits per heavy atom. The molecule has 0 saturated carbocycles. The van der Waals surface area contributed by atoms with E-state index in [2.05, 4.69) is 156 Å². The van der Waals surface area contributed by atoms with Gasteiger partial charge in [0.1, 0.15) is 17.7 Å². The highest BCUT2D eigenvalue weighted by molar-refractivity contribution is 6.14. The maximum absolute atomic E-state index is 17.2. The molecule has 0 unspecified atom stereocenters. The first-order chi connectivity index (χ1) is 44.5. The van der Waals surface area contributed by atoms with Crippen LogP contribution in [0.2, 0.25) is 0 Å². The molecule has 9 heteroatoms. The minimum Gasteiger partial charge on any atom is -0.309 e. The van der Waals surface area contributed by atoms with Crippen LogP contribution in [0, 0.1) is 23.0 Å². The summed E-state index contributed by atoms with van der Waals surface area (Å²) in [6.07, 6.45) is 7.24. The molecule has 16 rings (SSSR count). The third-order valence-corrected chi connectivity index (χ3v) is 17.1. The lowest BCUT2D eigenvalue weighted by Gasteiger charge is -2.19. The Morgan fingerprint density at radius 2 is 0.589 bits per heavy atom. The van der Waals surface area contributed by atoms with Crippen molar-refractivity contribution in [2.45, 2.75) is 0 Å². The van der Waals surface area contributed by atoms with Crippen molar-refractivity contribution in [1.82, 2.24) is 29.1 Å². The monoisotopic (exact) mass is 1160 g/mol. The van der Waals surface area contributed by atoms with E-state index in [0.29, 0.717) is 11.4 Å². The number of nitriles is 1. The Kier molecular flexibility index (Phi) is 13.2. The van der Waals surface area contributed by atoms with Crippen molar-refractivity contribution in [2.24, 2.45) is 0 Å². The van der Waals surface area contributed by atoms with Crippen LogP contribution in [0.1, 0.15) is 5.56 Å². The molecule has 0 aliphatic heterocycles. The zero-order valence-electron chi connectivity index (χ0n) is 48.2. The molecule has 0 fully saturated rings. The second-order valence-electron chi connectivity index (χ2n) is 22.3. The Morgan fingerprint density at radius 1 is 0.278 bits per heavy atom. The van der Waals surface area contributed by atoms with Gasteiger partial charge >= 0.3 is 0 Å². The Hall–Kier alpha value is -12.3. The number of hydrogen-bond acceptors (Lipinski definition) is 5. The van der Waals surface area contributed by atoms with Crippen LogP contribution in [0.5, 0.6) is 0 Å². The largest absolute Gasteiger partial charge is 0.309 e. The Labute approximate surface area is 517 Å². The molecule has 6 heterocycles. The van der Waals surface area contributed by atoms with E-state index in [1.807, 2.05) is 126 Å². The standard InChI is InChI=1S/C81H49F2N7/c82-69-30-13-31-70(83)77(69)68-49-75(89-71-36-32-55(60-26-14-40-85-78(60)51-18-5-1-6-19-51)44-64(71)65-45-56(33-37-72(65)89)61-27-15-41-86-79(61)52-20-7-2-8-21-52)59(50-84)48-76(68)90-73-38-34-57(62-28-16-42-87-80(62)53-22-9-3-10-23-53)46-66(73)67-47-58(35-39-74(67)90)63-29-17-43-88-81(63)54-24-11-4-12-25-54/h1-49H. The SMILES string of the molecule is N#Cc1cc(-n2c3ccc(-c4cccnc4-c4ccccc4)cc3c3cc(-c4cccnc4-c4ccccc4)ccc32)c(-c2c(F)cccc2F)cc1-n1c2ccc(-c3cccnc3-c3ccccc3)cc2c2cc(-c3cccnc3-c3ccccc3)ccc21. The van der Waals surface area contributed by atoms with Crippen molar-refractivity contribution in [1.29, 1.82) is 5.26 Å². The predicted molar refractivity (Wildman–Crippen MR) is 360 cm³/mol. The van der Waals surface area contributed by atoms with E-state index in [0.717, 1.165) is 133 Å². The molecule has 7 nitrogen and oxygen atoms in total. The molecule has 10 aromatic carbocycles. The number of benzene rings is 10. The molecule has 0 N–H and O–H groups in total. The average molecular weight is 1160 g/mol. The van der Waals surface area contributed by atoms with Crippen molar-refractivity contribution < 1.29 is 8.78 Å². The first kappa shape index (κ1) is 53.2. The number of hydrogen-bond donors (Lipinski definition) is 0. The summed E-state index contributed by atoms with van der Waals surface area (Å²) >= 11 is 0. The zero-order chi connectivity index (χ0) is 60.2. The smallest absolute Gasteiger partial charge is 0.134 e. The molecule has 422 valence electrons. The van der Waals surface area contributed by atoms with Crippen LogP contribution in [0.15, 0.2) is 298 Å². The molecule has 90 heavy (non-hydrogen) atoms. The number of fused-ring (bicyclic) bond motifs is 6. The number of pyridine rings is 4. The van der Waals surface area contributed by atoms with Gasteiger partial charge in [0.25, 0.3) is 0 Å². The summed E-state index contributed by atoms with van der Waals surface area (Å²) in [5, 5.41) is 15.3. The molecule has 16 aromatic rings. The molecule has 0 radical (unpaired) electrons. The van der Waals surface area contributed by atoms with Crippen molar-refractivity contribution >= 4 is 43.6 Å². The van der Waals surface area contributed by atoms with Gasteiger partial charge in [-0.2, -0.15) is 5.26 Å². The quantitative estimate of drug-likeness (QED) is 0.129. The van der Waals surface area contributed by atoms with Gasteiger partial charge in [-0.25, -0.2) is 8.78 Å². The number of nitrogens with zero attached hydrogens (tertiary/aromatic N) is 7. The minimum atomic E-state index is -0.750. The molecule has 6 aromatic heterocycles. The van der Waals surface area contributed by atoms with Crippen molar-refractivity contribution in [3.63, 3.8) is 0 Å². The third-order valence-electron chi connectivity index (χ3n) is 17.1. The second kappa shape index (κ2) is 22.2. The summed E-state index contributed by atoms with van der Waals surface area (Å²) in [6, 6.07) is 92.1. The van der Waals surface area contributed by atoms with E-state index >= 15 is 8.78 Å². The van der Waals surface area contributed by atoms with Gasteiger partial charge in [-0.1, -0.05) is 176 Å². The van der Waals surface area contributed by atoms with Gasteiger partial charge in [0.05, 0.1) is 67.3 Å². The predicted octanol–water partition coefficient (Wildman–Crippen LogP) is 20.6. The van der Waals surface area contributed by atoms with Crippen LogP contribution >= 0.6 is 0 Å². The summed E-state index contributed by atoms with van der Waals surface area (Å²) in [7, 11) is 0. The highest BCUT2D eigenvalue weighted by atomic mass is 19.1. The lowest BCUT2D eigenvalue weighted by Crippen LogP contribution is -2.05. The topological polar surface area (TPSA) is 85.2 Å². The summed E-state index contributed by atoms with van der Waals surface area (Å²) in [4.78, 5) is 19.6. The van der Waals surface area contributed by atoms with E-state index in [1.54, 1.807) is 12.1 Å². The Bertz CT molecular complexity index is 5220. The van der Waals surface area contributed by atoms with Gasteiger partial charge < -0.3 is 9.13 Å². The number of rotatable bonds is 11. The van der Waals surface area contributed by atoms with E-state index < -0.39 is 11.6 Å². The molecule has 0 spiro atoms. The first-order valence-corrected chi connectivity index (χ1v) is 29.7. The van der Waals surface area contributed by atoms with Crippen LogP contribution in [0.4, 0.5) is 8.78 Å². The molecular formula is C81H49F2N7. The van der Waals surface area contributed by atoms with Crippen LogP contribution < -0.4 is 0 Å². The maximum Gasteiger partial charge on any atom is 0.134 e. The minimum absolute atomic E-state index is 0.229. The van der Waals surface area contributed by atoms with E-state index in [1.165, 1.54) is 18.2 Å². The van der Waals surface area contributed by atoms with Crippen molar-refractivity contribution in [3.05, 3.63) is 315 Å². The average Bonchev–Trinajstić information content (AvgIpc) is 1.57. The van der Waals surface area contributed by atoms with Crippen LogP contribution in [0.25, 0.3) is 156 Å². The van der Waals surface area contributed by atoms with Crippen molar-refractivity contribution in [2.75, 3.05) is 0 Å². The van der Waals surface area contributed by atoms with Gasteiger partial charge in [0, 0.05) is 96.4 Å². The molecule has 0 saturated heterocycles. The van der Waals surface area contributed by atoms with E-state index in [-0.39, 0.29) is 16.7 Å². The normalized spacial score (nSPS) is 11.4. The molecule has 0 atom stereocenters. The highest BCUT2D eigenvalue weighted by Gasteiger charge is 2.27. The molecular weight excluding hydrogens is 1110 g/mol. The van der Waals surface area contributed by atoms with Gasteiger partial charge in [-0.05, 0) is 119 Å². The molecule has 0 amide bonds. The maximum atomic E-state index is 17.2. The first-order valence-electron chi connectivity index (χ1n) is 29.7. The second-order valence-corrected chi connectivity index (χ2v) is 22.3. The van der Waals surface area contributed by atoms with Crippen LogP contribution in [-0.4, -0.2) is 29.1 Å². The van der Waals surface area contributed by atoms with Crippen LogP contribution in [0.3, 0.4) is 0 Å². The highest BCUT2D eigenvalue weighted by Crippen LogP contribution is 2.46. The zero-order valence-corrected chi connectivity index (χ0v) is 48.2. The number of halogens is 2. The summed E-state index contributed by atoms with van der Waals surface area (Å²) < 4.78 is 38.4. The summed E-state index contributed by atoms with van der Waals surface area (Å²) in [6.45, 7) is 0. The van der Waals surface area contributed by atoms with E-state index in [9.17, 15) is 5.26 Å². The number of aromatic nitrogens is 6. The molecule has 0 aliphatic rings. The summed E-state index contributed by atoms with van der Waals surface area (Å²) in [5.41, 5.74) is 19.0. The lowest BCUT2D eigenvalue weighted by atomic mass is 9.96. The lowest BCUT2D eigenvalue weighted by molar-refractivity contribution is 0.589. The fourth-order valence-electron chi connectivity index (χ4n) is 13.1. The fourth-order valence-corrected chi connectivity index (χ4v) is 13.1. The Balaban J connectivity index is 0.965. The third kappa shape index (κ3) is 9.09. The van der Waals surface area contributed by atoms with Crippen LogP contribution in [-0.2, 0) is 0 Å². The van der Waals surface area contributed by atoms with Gasteiger partial charge in [0.15, 0.2) is 0 Å². The fraction of sp³-hybridized carbons (Fsp3) is 0. The molecule has 0 aliphatic carbocycles. The summed E-state index contributed by atoms with van der Waals surface area (Å²) in [5.74, 6) is -1.50. The van der Waals surface area contributed by atoms with Gasteiger partial charge in [-0.3, -0.25) is 19.9 Å². The van der Waals surface area contributed by atoms with Crippen molar-refractivity contribution in [3.8, 4) is 118 Å².